The summed E-state index contributed by atoms with van der Waals surface area (Å²) in [4.78, 5) is 20.2. The summed E-state index contributed by atoms with van der Waals surface area (Å²) in [5.74, 6) is -0.368. The summed E-state index contributed by atoms with van der Waals surface area (Å²) in [7, 11) is 0. The molecule has 3 heterocycles. The SMILES string of the molecule is Cc1ccc(-c2csc3ncn(C[C@@H](C#N)CCC#N)c(=O)c23)s1. The summed E-state index contributed by atoms with van der Waals surface area (Å²) >= 11 is 3.10. The van der Waals surface area contributed by atoms with Crippen molar-refractivity contribution in [3.63, 3.8) is 0 Å². The molecular formula is C17H14N4OS2. The third-order valence-corrected chi connectivity index (χ3v) is 5.69. The largest absolute Gasteiger partial charge is 0.297 e. The molecule has 0 aliphatic carbocycles. The normalized spacial score (nSPS) is 12.0. The van der Waals surface area contributed by atoms with Crippen molar-refractivity contribution in [3.05, 3.63) is 39.1 Å². The van der Waals surface area contributed by atoms with Crippen molar-refractivity contribution < 1.29 is 0 Å². The lowest BCUT2D eigenvalue weighted by Crippen LogP contribution is -2.24. The minimum absolute atomic E-state index is 0.125. The van der Waals surface area contributed by atoms with Gasteiger partial charge in [-0.05, 0) is 25.5 Å². The van der Waals surface area contributed by atoms with Crippen molar-refractivity contribution >= 4 is 32.9 Å². The Bertz CT molecular complexity index is 1020. The second-order valence-electron chi connectivity index (χ2n) is 5.46. The molecule has 0 radical (unpaired) electrons. The van der Waals surface area contributed by atoms with Gasteiger partial charge in [-0.25, -0.2) is 4.98 Å². The van der Waals surface area contributed by atoms with Crippen molar-refractivity contribution in [3.8, 4) is 22.6 Å². The molecular weight excluding hydrogens is 340 g/mol. The highest BCUT2D eigenvalue weighted by Gasteiger charge is 2.16. The topological polar surface area (TPSA) is 82.5 Å². The lowest BCUT2D eigenvalue weighted by atomic mass is 10.1. The fourth-order valence-electron chi connectivity index (χ4n) is 2.53. The summed E-state index contributed by atoms with van der Waals surface area (Å²) in [6.07, 6.45) is 2.26. The zero-order valence-electron chi connectivity index (χ0n) is 13.0. The summed E-state index contributed by atoms with van der Waals surface area (Å²) in [5, 5.41) is 20.5. The van der Waals surface area contributed by atoms with Gasteiger partial charge in [0.15, 0.2) is 0 Å². The Morgan fingerprint density at radius 2 is 2.21 bits per heavy atom. The Morgan fingerprint density at radius 3 is 2.88 bits per heavy atom. The smallest absolute Gasteiger partial charge is 0.262 e. The Labute approximate surface area is 147 Å². The van der Waals surface area contributed by atoms with Gasteiger partial charge in [0.25, 0.3) is 5.56 Å². The van der Waals surface area contributed by atoms with Crippen molar-refractivity contribution in [2.45, 2.75) is 26.3 Å². The number of hydrogen-bond acceptors (Lipinski definition) is 6. The van der Waals surface area contributed by atoms with Crippen LogP contribution in [-0.2, 0) is 6.54 Å². The van der Waals surface area contributed by atoms with Crippen LogP contribution in [0.2, 0.25) is 0 Å². The van der Waals surface area contributed by atoms with Crippen LogP contribution in [0.4, 0.5) is 0 Å². The quantitative estimate of drug-likeness (QED) is 0.695. The van der Waals surface area contributed by atoms with Crippen molar-refractivity contribution in [1.82, 2.24) is 9.55 Å². The molecule has 120 valence electrons. The number of rotatable bonds is 5. The van der Waals surface area contributed by atoms with Gasteiger partial charge in [-0.1, -0.05) is 0 Å². The van der Waals surface area contributed by atoms with Crippen LogP contribution in [-0.4, -0.2) is 9.55 Å². The van der Waals surface area contributed by atoms with Gasteiger partial charge >= 0.3 is 0 Å². The standard InChI is InChI=1S/C17H14N4OS2/c1-11-4-5-14(24-11)13-9-23-16-15(13)17(22)21(10-20-16)8-12(7-19)3-2-6-18/h4-5,9-10,12H,2-3,8H2,1H3/t12-/m1/s1. The first kappa shape index (κ1) is 16.4. The van der Waals surface area contributed by atoms with E-state index in [1.54, 1.807) is 11.3 Å². The van der Waals surface area contributed by atoms with Gasteiger partial charge < -0.3 is 0 Å². The van der Waals surface area contributed by atoms with Crippen LogP contribution in [0.1, 0.15) is 17.7 Å². The van der Waals surface area contributed by atoms with Crippen molar-refractivity contribution in [2.24, 2.45) is 5.92 Å². The van der Waals surface area contributed by atoms with Crippen molar-refractivity contribution in [1.29, 1.82) is 10.5 Å². The molecule has 3 aromatic rings. The molecule has 0 spiro atoms. The molecule has 0 aromatic carbocycles. The predicted molar refractivity (Wildman–Crippen MR) is 95.9 cm³/mol. The Morgan fingerprint density at radius 1 is 1.38 bits per heavy atom. The highest BCUT2D eigenvalue weighted by molar-refractivity contribution is 7.19. The lowest BCUT2D eigenvalue weighted by molar-refractivity contribution is 0.499. The van der Waals surface area contributed by atoms with E-state index in [4.69, 9.17) is 5.26 Å². The van der Waals surface area contributed by atoms with Gasteiger partial charge in [-0.2, -0.15) is 10.5 Å². The molecule has 0 N–H and O–H groups in total. The van der Waals surface area contributed by atoms with Crippen LogP contribution in [0.3, 0.4) is 0 Å². The van der Waals surface area contributed by atoms with Crippen LogP contribution in [0.25, 0.3) is 20.7 Å². The third kappa shape index (κ3) is 3.09. The summed E-state index contributed by atoms with van der Waals surface area (Å²) < 4.78 is 1.49. The molecule has 1 atom stereocenters. The fourth-order valence-corrected chi connectivity index (χ4v) is 4.39. The molecule has 0 aliphatic rings. The zero-order valence-corrected chi connectivity index (χ0v) is 14.7. The van der Waals surface area contributed by atoms with E-state index in [-0.39, 0.29) is 18.0 Å². The number of nitriles is 2. The van der Waals surface area contributed by atoms with Crippen LogP contribution in [0.5, 0.6) is 0 Å². The molecule has 5 nitrogen and oxygen atoms in total. The zero-order chi connectivity index (χ0) is 17.1. The molecule has 3 rings (SSSR count). The van der Waals surface area contributed by atoms with E-state index in [0.717, 1.165) is 10.4 Å². The second kappa shape index (κ2) is 6.96. The predicted octanol–water partition coefficient (Wildman–Crippen LogP) is 3.94. The number of fused-ring (bicyclic) bond motifs is 1. The maximum atomic E-state index is 12.9. The van der Waals surface area contributed by atoms with Crippen LogP contribution < -0.4 is 5.56 Å². The minimum Gasteiger partial charge on any atom is -0.297 e. The molecule has 0 aliphatic heterocycles. The molecule has 0 unspecified atom stereocenters. The highest BCUT2D eigenvalue weighted by atomic mass is 32.1. The van der Waals surface area contributed by atoms with E-state index < -0.39 is 0 Å². The van der Waals surface area contributed by atoms with E-state index in [2.05, 4.69) is 11.1 Å². The summed E-state index contributed by atoms with van der Waals surface area (Å²) in [6, 6.07) is 8.26. The van der Waals surface area contributed by atoms with Gasteiger partial charge in [0.05, 0.1) is 29.8 Å². The van der Waals surface area contributed by atoms with Gasteiger partial charge in [0.1, 0.15) is 4.83 Å². The molecule has 0 fully saturated rings. The monoisotopic (exact) mass is 354 g/mol. The van der Waals surface area contributed by atoms with Gasteiger partial charge in [-0.3, -0.25) is 9.36 Å². The molecule has 0 bridgehead atoms. The molecule has 3 aromatic heterocycles. The first-order chi connectivity index (χ1) is 11.6. The molecule has 0 saturated carbocycles. The molecule has 24 heavy (non-hydrogen) atoms. The van der Waals surface area contributed by atoms with Crippen LogP contribution in [0, 0.1) is 35.5 Å². The van der Waals surface area contributed by atoms with Gasteiger partial charge in [0.2, 0.25) is 0 Å². The number of aromatic nitrogens is 2. The molecule has 0 saturated heterocycles. The van der Waals surface area contributed by atoms with E-state index in [9.17, 15) is 10.1 Å². The van der Waals surface area contributed by atoms with E-state index in [1.807, 2.05) is 30.5 Å². The van der Waals surface area contributed by atoms with Crippen molar-refractivity contribution in [2.75, 3.05) is 0 Å². The lowest BCUT2D eigenvalue weighted by Gasteiger charge is -2.09. The number of aryl methyl sites for hydroxylation is 1. The van der Waals surface area contributed by atoms with E-state index >= 15 is 0 Å². The average Bonchev–Trinajstić information content (AvgIpc) is 3.19. The van der Waals surface area contributed by atoms with E-state index in [0.29, 0.717) is 23.1 Å². The van der Waals surface area contributed by atoms with Crippen LogP contribution in [0.15, 0.2) is 28.6 Å². The fraction of sp³-hybridized carbons (Fsp3) is 0.294. The first-order valence-corrected chi connectivity index (χ1v) is 9.13. The molecule has 0 amide bonds. The Balaban J connectivity index is 2.03. The maximum Gasteiger partial charge on any atom is 0.262 e. The Hall–Kier alpha value is -2.48. The maximum absolute atomic E-state index is 12.9. The first-order valence-electron chi connectivity index (χ1n) is 7.44. The second-order valence-corrected chi connectivity index (χ2v) is 7.61. The number of hydrogen-bond donors (Lipinski definition) is 0. The summed E-state index contributed by atoms with van der Waals surface area (Å²) in [6.45, 7) is 2.30. The summed E-state index contributed by atoms with van der Waals surface area (Å²) in [5.41, 5.74) is 0.782. The minimum atomic E-state index is -0.368. The highest BCUT2D eigenvalue weighted by Crippen LogP contribution is 2.34. The third-order valence-electron chi connectivity index (χ3n) is 3.77. The van der Waals surface area contributed by atoms with Crippen LogP contribution >= 0.6 is 22.7 Å². The number of nitrogens with zero attached hydrogens (tertiary/aromatic N) is 4. The Kier molecular flexibility index (Phi) is 4.75. The molecule has 7 heteroatoms. The average molecular weight is 354 g/mol. The van der Waals surface area contributed by atoms with E-state index in [1.165, 1.54) is 27.1 Å². The van der Waals surface area contributed by atoms with Gasteiger partial charge in [0, 0.05) is 33.7 Å². The van der Waals surface area contributed by atoms with Gasteiger partial charge in [-0.15, -0.1) is 22.7 Å². The number of thiophene rings is 2.